The zero-order chi connectivity index (χ0) is 17.4. The van der Waals surface area contributed by atoms with Crippen molar-refractivity contribution in [3.05, 3.63) is 54.1 Å². The fraction of sp³-hybridized carbons (Fsp3) is 0.278. The topological polar surface area (TPSA) is 64.4 Å². The van der Waals surface area contributed by atoms with Crippen molar-refractivity contribution in [2.45, 2.75) is 11.8 Å². The molecule has 1 fully saturated rings. The summed E-state index contributed by atoms with van der Waals surface area (Å²) >= 11 is 0. The fourth-order valence-electron chi connectivity index (χ4n) is 3.03. The number of aromatic nitrogens is 2. The molecule has 1 aliphatic heterocycles. The Morgan fingerprint density at radius 2 is 1.68 bits per heavy atom. The van der Waals surface area contributed by atoms with Crippen molar-refractivity contribution < 1.29 is 13.2 Å². The summed E-state index contributed by atoms with van der Waals surface area (Å²) < 4.78 is 32.8. The van der Waals surface area contributed by atoms with Gasteiger partial charge in [-0.3, -0.25) is 0 Å². The molecule has 0 unspecified atom stereocenters. The van der Waals surface area contributed by atoms with Gasteiger partial charge in [0.2, 0.25) is 0 Å². The van der Waals surface area contributed by atoms with Crippen molar-refractivity contribution in [1.29, 1.82) is 0 Å². The van der Waals surface area contributed by atoms with Gasteiger partial charge >= 0.3 is 0 Å². The Labute approximate surface area is 146 Å². The highest BCUT2D eigenvalue weighted by atomic mass is 32.2. The number of rotatable bonds is 3. The normalized spacial score (nSPS) is 15.6. The lowest BCUT2D eigenvalue weighted by Gasteiger charge is -2.26. The molecular weight excluding hydrogens is 338 g/mol. The Bertz CT molecular complexity index is 1000. The number of para-hydroxylation sites is 1. The van der Waals surface area contributed by atoms with Crippen molar-refractivity contribution >= 4 is 26.7 Å². The van der Waals surface area contributed by atoms with E-state index >= 15 is 0 Å². The van der Waals surface area contributed by atoms with Crippen LogP contribution >= 0.6 is 0 Å². The van der Waals surface area contributed by atoms with Gasteiger partial charge < -0.3 is 9.64 Å². The van der Waals surface area contributed by atoms with Gasteiger partial charge in [0, 0.05) is 18.5 Å². The summed E-state index contributed by atoms with van der Waals surface area (Å²) in [5, 5.41) is 5.32. The summed E-state index contributed by atoms with van der Waals surface area (Å²) in [6, 6.07) is 14.3. The third kappa shape index (κ3) is 2.79. The number of nitrogens with zero attached hydrogens (tertiary/aromatic N) is 3. The first kappa shape index (κ1) is 16.1. The van der Waals surface area contributed by atoms with Crippen LogP contribution in [0.3, 0.4) is 0 Å². The third-order valence-electron chi connectivity index (χ3n) is 4.39. The average Bonchev–Trinajstić information content (AvgIpc) is 3.03. The number of morpholine rings is 1. The van der Waals surface area contributed by atoms with Crippen LogP contribution in [0.15, 0.2) is 53.4 Å². The van der Waals surface area contributed by atoms with Gasteiger partial charge in [0.15, 0.2) is 5.82 Å². The van der Waals surface area contributed by atoms with Crippen LogP contribution in [0.25, 0.3) is 10.9 Å². The van der Waals surface area contributed by atoms with Crippen molar-refractivity contribution in [2.24, 2.45) is 0 Å². The highest BCUT2D eigenvalue weighted by molar-refractivity contribution is 7.90. The zero-order valence-corrected chi connectivity index (χ0v) is 14.7. The second kappa shape index (κ2) is 6.16. The van der Waals surface area contributed by atoms with Crippen LogP contribution in [0.5, 0.6) is 0 Å². The van der Waals surface area contributed by atoms with Crippen molar-refractivity contribution in [3.63, 3.8) is 0 Å². The van der Waals surface area contributed by atoms with Crippen molar-refractivity contribution in [2.75, 3.05) is 31.2 Å². The molecule has 0 atom stereocenters. The van der Waals surface area contributed by atoms with E-state index in [2.05, 4.69) is 10.00 Å². The number of fused-ring (bicyclic) bond motifs is 1. The van der Waals surface area contributed by atoms with Crippen LogP contribution in [0, 0.1) is 6.92 Å². The van der Waals surface area contributed by atoms with Gasteiger partial charge in [-0.15, -0.1) is 5.10 Å². The Morgan fingerprint density at radius 1 is 1.00 bits per heavy atom. The molecule has 0 N–H and O–H groups in total. The molecule has 0 saturated carbocycles. The Hall–Kier alpha value is -2.38. The number of benzene rings is 2. The van der Waals surface area contributed by atoms with Crippen LogP contribution < -0.4 is 4.90 Å². The third-order valence-corrected chi connectivity index (χ3v) is 6.00. The smallest absolute Gasteiger partial charge is 0.283 e. The number of anilines is 1. The van der Waals surface area contributed by atoms with E-state index in [-0.39, 0.29) is 4.90 Å². The molecule has 4 rings (SSSR count). The number of hydrogen-bond acceptors (Lipinski definition) is 5. The van der Waals surface area contributed by atoms with Gasteiger partial charge in [0.25, 0.3) is 10.0 Å². The van der Waals surface area contributed by atoms with E-state index in [9.17, 15) is 8.42 Å². The highest BCUT2D eigenvalue weighted by Crippen LogP contribution is 2.29. The maximum absolute atomic E-state index is 13.1. The zero-order valence-electron chi connectivity index (χ0n) is 13.9. The highest BCUT2D eigenvalue weighted by Gasteiger charge is 2.25. The van der Waals surface area contributed by atoms with Gasteiger partial charge in [-0.25, -0.2) is 0 Å². The summed E-state index contributed by atoms with van der Waals surface area (Å²) in [6.07, 6.45) is 0. The first-order chi connectivity index (χ1) is 12.1. The van der Waals surface area contributed by atoms with Crippen molar-refractivity contribution in [3.8, 4) is 0 Å². The SMILES string of the molecule is Cc1ccc(S(=O)(=O)n2nc(N3CCOCC3)c3ccccc32)cc1. The Balaban J connectivity index is 1.88. The van der Waals surface area contributed by atoms with Crippen LogP contribution in [0.2, 0.25) is 0 Å². The molecule has 0 spiro atoms. The van der Waals surface area contributed by atoms with E-state index in [1.165, 1.54) is 0 Å². The lowest BCUT2D eigenvalue weighted by atomic mass is 10.2. The largest absolute Gasteiger partial charge is 0.378 e. The molecule has 130 valence electrons. The molecule has 3 aromatic rings. The summed E-state index contributed by atoms with van der Waals surface area (Å²) in [5.74, 6) is 0.689. The Kier molecular flexibility index (Phi) is 3.97. The van der Waals surface area contributed by atoms with Gasteiger partial charge in [-0.05, 0) is 31.2 Å². The quantitative estimate of drug-likeness (QED) is 0.720. The fourth-order valence-corrected chi connectivity index (χ4v) is 4.31. The van der Waals surface area contributed by atoms with Gasteiger partial charge in [-0.2, -0.15) is 12.5 Å². The van der Waals surface area contributed by atoms with Crippen LogP contribution in [-0.2, 0) is 14.8 Å². The molecule has 1 aromatic heterocycles. The van der Waals surface area contributed by atoms with Crippen molar-refractivity contribution in [1.82, 2.24) is 9.19 Å². The molecule has 25 heavy (non-hydrogen) atoms. The van der Waals surface area contributed by atoms with Gasteiger partial charge in [0.05, 0.1) is 23.6 Å². The van der Waals surface area contributed by atoms with Gasteiger partial charge in [-0.1, -0.05) is 29.8 Å². The molecule has 0 aliphatic carbocycles. The standard InChI is InChI=1S/C18H19N3O3S/c1-14-6-8-15(9-7-14)25(22,23)21-17-5-3-2-4-16(17)18(19-21)20-10-12-24-13-11-20/h2-9H,10-13H2,1H3. The minimum atomic E-state index is -3.75. The van der Waals surface area contributed by atoms with E-state index in [0.29, 0.717) is 37.6 Å². The first-order valence-electron chi connectivity index (χ1n) is 8.20. The molecular formula is C18H19N3O3S. The van der Waals surface area contributed by atoms with Crippen LogP contribution in [0.1, 0.15) is 5.56 Å². The molecule has 6 nitrogen and oxygen atoms in total. The van der Waals surface area contributed by atoms with E-state index in [0.717, 1.165) is 15.0 Å². The Morgan fingerprint density at radius 3 is 2.40 bits per heavy atom. The lowest BCUT2D eigenvalue weighted by molar-refractivity contribution is 0.122. The van der Waals surface area contributed by atoms with E-state index in [1.807, 2.05) is 25.1 Å². The lowest BCUT2D eigenvalue weighted by Crippen LogP contribution is -2.36. The summed E-state index contributed by atoms with van der Waals surface area (Å²) in [6.45, 7) is 4.56. The predicted octanol–water partition coefficient (Wildman–Crippen LogP) is 2.42. The molecule has 1 aliphatic rings. The monoisotopic (exact) mass is 357 g/mol. The number of aryl methyl sites for hydroxylation is 1. The minimum Gasteiger partial charge on any atom is -0.378 e. The predicted molar refractivity (Wildman–Crippen MR) is 96.5 cm³/mol. The molecule has 0 radical (unpaired) electrons. The van der Waals surface area contributed by atoms with Crippen LogP contribution in [-0.4, -0.2) is 43.9 Å². The van der Waals surface area contributed by atoms with E-state index in [1.54, 1.807) is 30.3 Å². The molecule has 1 saturated heterocycles. The van der Waals surface area contributed by atoms with Crippen LogP contribution in [0.4, 0.5) is 5.82 Å². The summed E-state index contributed by atoms with van der Waals surface area (Å²) in [7, 11) is -3.75. The van der Waals surface area contributed by atoms with E-state index < -0.39 is 10.0 Å². The second-order valence-corrected chi connectivity index (χ2v) is 7.87. The molecule has 0 amide bonds. The second-order valence-electron chi connectivity index (χ2n) is 6.10. The molecule has 0 bridgehead atoms. The first-order valence-corrected chi connectivity index (χ1v) is 9.64. The maximum atomic E-state index is 13.1. The molecule has 2 heterocycles. The maximum Gasteiger partial charge on any atom is 0.283 e. The summed E-state index contributed by atoms with van der Waals surface area (Å²) in [5.41, 5.74) is 1.60. The number of ether oxygens (including phenoxy) is 1. The molecule has 7 heteroatoms. The molecule has 2 aromatic carbocycles. The average molecular weight is 357 g/mol. The minimum absolute atomic E-state index is 0.236. The number of hydrogen-bond donors (Lipinski definition) is 0. The van der Waals surface area contributed by atoms with E-state index in [4.69, 9.17) is 4.74 Å². The summed E-state index contributed by atoms with van der Waals surface area (Å²) in [4.78, 5) is 2.31. The van der Waals surface area contributed by atoms with Gasteiger partial charge in [0.1, 0.15) is 0 Å².